The standard InChI is InChI=1S/C14H17N3S/c1-3-12-10(2)16-13(17-14(12)15)9-18-11-7-5-4-6-8-11/h4-8H,3,9H2,1-2H3,(H2,15,16,17). The van der Waals surface area contributed by atoms with Gasteiger partial charge in [0.05, 0.1) is 5.75 Å². The van der Waals surface area contributed by atoms with Crippen molar-refractivity contribution in [2.24, 2.45) is 0 Å². The number of nitrogens with two attached hydrogens (primary N) is 1. The Balaban J connectivity index is 2.11. The number of anilines is 1. The molecule has 3 nitrogen and oxygen atoms in total. The number of nitrogens with zero attached hydrogens (tertiary/aromatic N) is 2. The Kier molecular flexibility index (Phi) is 4.20. The van der Waals surface area contributed by atoms with E-state index in [0.29, 0.717) is 5.82 Å². The van der Waals surface area contributed by atoms with Crippen LogP contribution in [0.1, 0.15) is 24.0 Å². The number of rotatable bonds is 4. The lowest BCUT2D eigenvalue weighted by Crippen LogP contribution is -2.06. The van der Waals surface area contributed by atoms with Crippen LogP contribution in [0.3, 0.4) is 0 Å². The van der Waals surface area contributed by atoms with Crippen LogP contribution in [0.2, 0.25) is 0 Å². The first-order valence-electron chi connectivity index (χ1n) is 6.00. The molecule has 0 atom stereocenters. The molecule has 0 bridgehead atoms. The molecule has 0 aliphatic carbocycles. The maximum absolute atomic E-state index is 5.94. The van der Waals surface area contributed by atoms with E-state index < -0.39 is 0 Å². The molecule has 0 radical (unpaired) electrons. The summed E-state index contributed by atoms with van der Waals surface area (Å²) in [5.41, 5.74) is 7.99. The smallest absolute Gasteiger partial charge is 0.141 e. The Morgan fingerprint density at radius 2 is 1.89 bits per heavy atom. The van der Waals surface area contributed by atoms with Crippen LogP contribution in [0, 0.1) is 6.92 Å². The summed E-state index contributed by atoms with van der Waals surface area (Å²) in [5.74, 6) is 2.17. The Morgan fingerprint density at radius 3 is 2.50 bits per heavy atom. The van der Waals surface area contributed by atoms with Crippen molar-refractivity contribution in [3.63, 3.8) is 0 Å². The number of hydrogen-bond donors (Lipinski definition) is 1. The van der Waals surface area contributed by atoms with Gasteiger partial charge in [-0.1, -0.05) is 25.1 Å². The normalized spacial score (nSPS) is 10.6. The van der Waals surface area contributed by atoms with E-state index >= 15 is 0 Å². The molecule has 2 rings (SSSR count). The van der Waals surface area contributed by atoms with Crippen LogP contribution in [0.5, 0.6) is 0 Å². The average Bonchev–Trinajstić information content (AvgIpc) is 2.37. The second-order valence-corrected chi connectivity index (χ2v) is 5.09. The molecule has 0 aliphatic heterocycles. The highest BCUT2D eigenvalue weighted by atomic mass is 32.2. The van der Waals surface area contributed by atoms with Gasteiger partial charge in [0, 0.05) is 16.2 Å². The number of thioether (sulfide) groups is 1. The molecule has 0 amide bonds. The van der Waals surface area contributed by atoms with Crippen molar-refractivity contribution in [3.05, 3.63) is 47.4 Å². The van der Waals surface area contributed by atoms with Crippen molar-refractivity contribution in [2.75, 3.05) is 5.73 Å². The van der Waals surface area contributed by atoms with Gasteiger partial charge in [0.15, 0.2) is 0 Å². The predicted molar refractivity (Wildman–Crippen MR) is 76.6 cm³/mol. The van der Waals surface area contributed by atoms with Crippen molar-refractivity contribution in [3.8, 4) is 0 Å². The Labute approximate surface area is 112 Å². The Hall–Kier alpha value is -1.55. The second-order valence-electron chi connectivity index (χ2n) is 4.04. The van der Waals surface area contributed by atoms with Crippen LogP contribution >= 0.6 is 11.8 Å². The number of benzene rings is 1. The first-order valence-corrected chi connectivity index (χ1v) is 6.99. The molecule has 1 heterocycles. The Morgan fingerprint density at radius 1 is 1.17 bits per heavy atom. The van der Waals surface area contributed by atoms with Crippen molar-refractivity contribution < 1.29 is 0 Å². The summed E-state index contributed by atoms with van der Waals surface area (Å²) in [7, 11) is 0. The highest BCUT2D eigenvalue weighted by Crippen LogP contribution is 2.22. The van der Waals surface area contributed by atoms with E-state index in [9.17, 15) is 0 Å². The van der Waals surface area contributed by atoms with Gasteiger partial charge in [-0.05, 0) is 25.5 Å². The molecule has 18 heavy (non-hydrogen) atoms. The lowest BCUT2D eigenvalue weighted by Gasteiger charge is -2.08. The lowest BCUT2D eigenvalue weighted by molar-refractivity contribution is 0.947. The fourth-order valence-corrected chi connectivity index (χ4v) is 2.62. The van der Waals surface area contributed by atoms with Gasteiger partial charge in [0.2, 0.25) is 0 Å². The molecular weight excluding hydrogens is 242 g/mol. The van der Waals surface area contributed by atoms with Crippen LogP contribution in [-0.4, -0.2) is 9.97 Å². The van der Waals surface area contributed by atoms with E-state index in [0.717, 1.165) is 29.3 Å². The SMILES string of the molecule is CCc1c(C)nc(CSc2ccccc2)nc1N. The van der Waals surface area contributed by atoms with Crippen molar-refractivity contribution in [2.45, 2.75) is 30.9 Å². The molecule has 0 saturated carbocycles. The van der Waals surface area contributed by atoms with E-state index in [2.05, 4.69) is 29.0 Å². The molecule has 2 N–H and O–H groups in total. The molecule has 0 saturated heterocycles. The highest BCUT2D eigenvalue weighted by molar-refractivity contribution is 7.98. The Bertz CT molecular complexity index is 503. The number of aryl methyl sites for hydroxylation is 1. The van der Waals surface area contributed by atoms with Gasteiger partial charge in [0.1, 0.15) is 11.6 Å². The first-order chi connectivity index (χ1) is 8.70. The predicted octanol–water partition coefficient (Wildman–Crippen LogP) is 3.22. The van der Waals surface area contributed by atoms with Crippen molar-refractivity contribution in [1.82, 2.24) is 9.97 Å². The number of nitrogen functional groups attached to an aromatic ring is 1. The summed E-state index contributed by atoms with van der Waals surface area (Å²) < 4.78 is 0. The monoisotopic (exact) mass is 259 g/mol. The van der Waals surface area contributed by atoms with E-state index in [1.54, 1.807) is 11.8 Å². The summed E-state index contributed by atoms with van der Waals surface area (Å²) in [6.45, 7) is 4.06. The zero-order valence-electron chi connectivity index (χ0n) is 10.7. The van der Waals surface area contributed by atoms with Gasteiger partial charge in [-0.2, -0.15) is 0 Å². The van der Waals surface area contributed by atoms with Gasteiger partial charge in [-0.3, -0.25) is 0 Å². The average molecular weight is 259 g/mol. The van der Waals surface area contributed by atoms with E-state index in [-0.39, 0.29) is 0 Å². The zero-order valence-corrected chi connectivity index (χ0v) is 11.5. The second kappa shape index (κ2) is 5.87. The lowest BCUT2D eigenvalue weighted by atomic mass is 10.2. The molecular formula is C14H17N3S. The molecule has 2 aromatic rings. The zero-order chi connectivity index (χ0) is 13.0. The summed E-state index contributed by atoms with van der Waals surface area (Å²) >= 11 is 1.72. The highest BCUT2D eigenvalue weighted by Gasteiger charge is 2.07. The molecule has 1 aromatic carbocycles. The molecule has 0 fully saturated rings. The van der Waals surface area contributed by atoms with Gasteiger partial charge in [-0.15, -0.1) is 11.8 Å². The minimum Gasteiger partial charge on any atom is -0.383 e. The fraction of sp³-hybridized carbons (Fsp3) is 0.286. The summed E-state index contributed by atoms with van der Waals surface area (Å²) in [6, 6.07) is 10.2. The first kappa shape index (κ1) is 12.9. The topological polar surface area (TPSA) is 51.8 Å². The van der Waals surface area contributed by atoms with Crippen LogP contribution in [0.4, 0.5) is 5.82 Å². The minimum absolute atomic E-state index is 0.619. The molecule has 4 heteroatoms. The van der Waals surface area contributed by atoms with Crippen molar-refractivity contribution in [1.29, 1.82) is 0 Å². The minimum atomic E-state index is 0.619. The number of hydrogen-bond acceptors (Lipinski definition) is 4. The third kappa shape index (κ3) is 3.01. The molecule has 94 valence electrons. The molecule has 1 aromatic heterocycles. The summed E-state index contributed by atoms with van der Waals surface area (Å²) in [6.07, 6.45) is 0.879. The molecule has 0 unspecified atom stereocenters. The summed E-state index contributed by atoms with van der Waals surface area (Å²) in [4.78, 5) is 10.1. The van der Waals surface area contributed by atoms with E-state index in [1.165, 1.54) is 4.90 Å². The van der Waals surface area contributed by atoms with Crippen molar-refractivity contribution >= 4 is 17.6 Å². The van der Waals surface area contributed by atoms with Crippen LogP contribution in [0.25, 0.3) is 0 Å². The fourth-order valence-electron chi connectivity index (χ4n) is 1.84. The van der Waals surface area contributed by atoms with Crippen LogP contribution in [-0.2, 0) is 12.2 Å². The van der Waals surface area contributed by atoms with Gasteiger partial charge in [0.25, 0.3) is 0 Å². The third-order valence-corrected chi connectivity index (χ3v) is 3.76. The summed E-state index contributed by atoms with van der Waals surface area (Å²) in [5, 5.41) is 0. The molecule has 0 aliphatic rings. The van der Waals surface area contributed by atoms with E-state index in [1.807, 2.05) is 25.1 Å². The maximum Gasteiger partial charge on any atom is 0.141 e. The quantitative estimate of drug-likeness (QED) is 0.857. The van der Waals surface area contributed by atoms with Gasteiger partial charge < -0.3 is 5.73 Å². The molecule has 0 spiro atoms. The van der Waals surface area contributed by atoms with Gasteiger partial charge >= 0.3 is 0 Å². The van der Waals surface area contributed by atoms with Gasteiger partial charge in [-0.25, -0.2) is 9.97 Å². The van der Waals surface area contributed by atoms with E-state index in [4.69, 9.17) is 5.73 Å². The third-order valence-electron chi connectivity index (χ3n) is 2.76. The maximum atomic E-state index is 5.94. The largest absolute Gasteiger partial charge is 0.383 e. The van der Waals surface area contributed by atoms with Crippen LogP contribution < -0.4 is 5.73 Å². The van der Waals surface area contributed by atoms with Crippen LogP contribution in [0.15, 0.2) is 35.2 Å². The number of aromatic nitrogens is 2.